The summed E-state index contributed by atoms with van der Waals surface area (Å²) in [6, 6.07) is 0. The number of alkyl halides is 1. The zero-order valence-electron chi connectivity index (χ0n) is 11.2. The molecular formula is C13H23ClO4. The zero-order chi connectivity index (χ0) is 14.0. The molecular weight excluding hydrogens is 256 g/mol. The van der Waals surface area contributed by atoms with Crippen LogP contribution < -0.4 is 0 Å². The number of rotatable bonds is 10. The van der Waals surface area contributed by atoms with Crippen molar-refractivity contribution in [2.24, 2.45) is 5.92 Å². The lowest BCUT2D eigenvalue weighted by Crippen LogP contribution is -2.28. The summed E-state index contributed by atoms with van der Waals surface area (Å²) in [7, 11) is 0. The first-order valence-electron chi connectivity index (χ1n) is 6.52. The third-order valence-corrected chi connectivity index (χ3v) is 3.12. The summed E-state index contributed by atoms with van der Waals surface area (Å²) in [5.74, 6) is -2.12. The van der Waals surface area contributed by atoms with Crippen molar-refractivity contribution in [2.45, 2.75) is 58.5 Å². The predicted molar refractivity (Wildman–Crippen MR) is 70.8 cm³/mol. The standard InChI is InChI=1S/C13H23ClO4/c1-3-10(2)18-13(17)11(12(15)16)8-6-4-5-7-9-14/h10-11H,3-9H2,1-2H3,(H,15,16). The van der Waals surface area contributed by atoms with Crippen LogP contribution in [0, 0.1) is 5.92 Å². The van der Waals surface area contributed by atoms with Gasteiger partial charge in [0.2, 0.25) is 0 Å². The Morgan fingerprint density at radius 2 is 1.83 bits per heavy atom. The lowest BCUT2D eigenvalue weighted by Gasteiger charge is -2.15. The zero-order valence-corrected chi connectivity index (χ0v) is 11.9. The number of aliphatic carboxylic acids is 1. The second-order valence-electron chi connectivity index (χ2n) is 4.44. The fourth-order valence-corrected chi connectivity index (χ4v) is 1.69. The highest BCUT2D eigenvalue weighted by molar-refractivity contribution is 6.17. The molecule has 0 rings (SSSR count). The van der Waals surface area contributed by atoms with E-state index in [-0.39, 0.29) is 6.10 Å². The first kappa shape index (κ1) is 17.2. The number of hydrogen-bond donors (Lipinski definition) is 1. The largest absolute Gasteiger partial charge is 0.481 e. The number of esters is 1. The van der Waals surface area contributed by atoms with Gasteiger partial charge in [0.15, 0.2) is 5.92 Å². The number of carbonyl (C=O) groups excluding carboxylic acids is 1. The predicted octanol–water partition coefficient (Wildman–Crippen LogP) is 3.22. The van der Waals surface area contributed by atoms with Crippen LogP contribution in [0.5, 0.6) is 0 Å². The molecule has 0 radical (unpaired) electrons. The molecule has 106 valence electrons. The van der Waals surface area contributed by atoms with Gasteiger partial charge in [-0.25, -0.2) is 0 Å². The second kappa shape index (κ2) is 10.2. The molecule has 0 bridgehead atoms. The van der Waals surface area contributed by atoms with Crippen LogP contribution in [0.4, 0.5) is 0 Å². The van der Waals surface area contributed by atoms with Gasteiger partial charge < -0.3 is 9.84 Å². The molecule has 0 heterocycles. The summed E-state index contributed by atoms with van der Waals surface area (Å²) in [5.41, 5.74) is 0. The number of carboxylic acid groups (broad SMARTS) is 1. The van der Waals surface area contributed by atoms with Crippen molar-refractivity contribution in [3.63, 3.8) is 0 Å². The van der Waals surface area contributed by atoms with Crippen molar-refractivity contribution < 1.29 is 19.4 Å². The van der Waals surface area contributed by atoms with E-state index in [1.165, 1.54) is 0 Å². The maximum Gasteiger partial charge on any atom is 0.320 e. The van der Waals surface area contributed by atoms with E-state index in [1.807, 2.05) is 6.92 Å². The SMILES string of the molecule is CCC(C)OC(=O)C(CCCCCCCl)C(=O)O. The fourth-order valence-electron chi connectivity index (χ4n) is 1.50. The van der Waals surface area contributed by atoms with E-state index in [2.05, 4.69) is 0 Å². The molecule has 0 amide bonds. The van der Waals surface area contributed by atoms with Crippen LogP contribution in [0.25, 0.3) is 0 Å². The minimum atomic E-state index is -1.10. The topological polar surface area (TPSA) is 63.6 Å². The van der Waals surface area contributed by atoms with E-state index >= 15 is 0 Å². The summed E-state index contributed by atoms with van der Waals surface area (Å²) in [4.78, 5) is 22.7. The Morgan fingerprint density at radius 1 is 1.22 bits per heavy atom. The Bertz CT molecular complexity index is 255. The third-order valence-electron chi connectivity index (χ3n) is 2.85. The average molecular weight is 279 g/mol. The van der Waals surface area contributed by atoms with E-state index in [1.54, 1.807) is 6.92 Å². The van der Waals surface area contributed by atoms with Gasteiger partial charge in [0.1, 0.15) is 0 Å². The normalized spacial score (nSPS) is 13.9. The summed E-state index contributed by atoms with van der Waals surface area (Å²) < 4.78 is 5.06. The van der Waals surface area contributed by atoms with Crippen molar-refractivity contribution in [1.29, 1.82) is 0 Å². The van der Waals surface area contributed by atoms with Crippen LogP contribution in [-0.2, 0) is 14.3 Å². The minimum Gasteiger partial charge on any atom is -0.481 e. The Balaban J connectivity index is 4.06. The van der Waals surface area contributed by atoms with Crippen LogP contribution in [0.3, 0.4) is 0 Å². The number of carbonyl (C=O) groups is 2. The molecule has 0 aromatic heterocycles. The molecule has 2 unspecified atom stereocenters. The molecule has 0 spiro atoms. The highest BCUT2D eigenvalue weighted by Gasteiger charge is 2.28. The van der Waals surface area contributed by atoms with Gasteiger partial charge in [0.25, 0.3) is 0 Å². The minimum absolute atomic E-state index is 0.226. The van der Waals surface area contributed by atoms with Gasteiger partial charge in [-0.05, 0) is 26.2 Å². The van der Waals surface area contributed by atoms with Gasteiger partial charge in [0.05, 0.1) is 6.10 Å². The highest BCUT2D eigenvalue weighted by atomic mass is 35.5. The molecule has 0 saturated heterocycles. The molecule has 0 fully saturated rings. The molecule has 0 aromatic rings. The van der Waals surface area contributed by atoms with Crippen LogP contribution in [0.1, 0.15) is 52.4 Å². The summed E-state index contributed by atoms with van der Waals surface area (Å²) in [5, 5.41) is 9.01. The Hall–Kier alpha value is -0.770. The quantitative estimate of drug-likeness (QED) is 0.288. The molecule has 0 aliphatic carbocycles. The summed E-state index contributed by atoms with van der Waals surface area (Å²) in [6.45, 7) is 3.65. The molecule has 0 saturated carbocycles. The van der Waals surface area contributed by atoms with Crippen LogP contribution in [0.15, 0.2) is 0 Å². The van der Waals surface area contributed by atoms with Crippen LogP contribution >= 0.6 is 11.6 Å². The van der Waals surface area contributed by atoms with Crippen molar-refractivity contribution >= 4 is 23.5 Å². The molecule has 18 heavy (non-hydrogen) atoms. The van der Waals surface area contributed by atoms with Crippen molar-refractivity contribution in [1.82, 2.24) is 0 Å². The van der Waals surface area contributed by atoms with Crippen molar-refractivity contribution in [3.8, 4) is 0 Å². The van der Waals surface area contributed by atoms with E-state index in [4.69, 9.17) is 21.4 Å². The monoisotopic (exact) mass is 278 g/mol. The lowest BCUT2D eigenvalue weighted by atomic mass is 10.0. The smallest absolute Gasteiger partial charge is 0.320 e. The van der Waals surface area contributed by atoms with Crippen molar-refractivity contribution in [2.75, 3.05) is 5.88 Å². The molecule has 5 heteroatoms. The highest BCUT2D eigenvalue weighted by Crippen LogP contribution is 2.15. The molecule has 0 aliphatic rings. The van der Waals surface area contributed by atoms with Crippen LogP contribution in [-0.4, -0.2) is 29.0 Å². The number of carboxylic acids is 1. The molecule has 1 N–H and O–H groups in total. The Kier molecular flexibility index (Phi) is 9.74. The molecule has 0 aliphatic heterocycles. The maximum atomic E-state index is 11.6. The molecule has 0 aromatic carbocycles. The lowest BCUT2D eigenvalue weighted by molar-refractivity contribution is -0.162. The van der Waals surface area contributed by atoms with Crippen molar-refractivity contribution in [3.05, 3.63) is 0 Å². The first-order chi connectivity index (χ1) is 8.52. The Morgan fingerprint density at radius 3 is 2.33 bits per heavy atom. The maximum absolute atomic E-state index is 11.6. The summed E-state index contributed by atoms with van der Waals surface area (Å²) >= 11 is 5.55. The van der Waals surface area contributed by atoms with Crippen LogP contribution in [0.2, 0.25) is 0 Å². The van der Waals surface area contributed by atoms with Gasteiger partial charge in [-0.3, -0.25) is 9.59 Å². The average Bonchev–Trinajstić information content (AvgIpc) is 2.32. The fraction of sp³-hybridized carbons (Fsp3) is 0.846. The van der Waals surface area contributed by atoms with Gasteiger partial charge in [-0.2, -0.15) is 0 Å². The number of ether oxygens (including phenoxy) is 1. The molecule has 2 atom stereocenters. The van der Waals surface area contributed by atoms with Gasteiger partial charge >= 0.3 is 11.9 Å². The van der Waals surface area contributed by atoms with Gasteiger partial charge in [-0.15, -0.1) is 11.6 Å². The molecule has 4 nitrogen and oxygen atoms in total. The second-order valence-corrected chi connectivity index (χ2v) is 4.82. The van der Waals surface area contributed by atoms with E-state index in [0.29, 0.717) is 25.1 Å². The number of unbranched alkanes of at least 4 members (excludes halogenated alkanes) is 3. The first-order valence-corrected chi connectivity index (χ1v) is 7.05. The number of halogens is 1. The Labute approximate surface area is 114 Å². The van der Waals surface area contributed by atoms with Gasteiger partial charge in [0, 0.05) is 5.88 Å². The third kappa shape index (κ3) is 7.54. The summed E-state index contributed by atoms with van der Waals surface area (Å²) in [6.07, 6.45) is 4.31. The van der Waals surface area contributed by atoms with E-state index in [9.17, 15) is 9.59 Å². The number of hydrogen-bond acceptors (Lipinski definition) is 3. The van der Waals surface area contributed by atoms with E-state index < -0.39 is 17.9 Å². The van der Waals surface area contributed by atoms with E-state index in [0.717, 1.165) is 19.3 Å². The van der Waals surface area contributed by atoms with Gasteiger partial charge in [-0.1, -0.05) is 26.2 Å².